The Morgan fingerprint density at radius 3 is 2.15 bits per heavy atom. The van der Waals surface area contributed by atoms with Gasteiger partial charge in [-0.1, -0.05) is 106 Å². The molecule has 6 aromatic rings. The topological polar surface area (TPSA) is 76.5 Å². The van der Waals surface area contributed by atoms with Crippen LogP contribution in [-0.4, -0.2) is 15.9 Å². The molecule has 0 fully saturated rings. The first-order chi connectivity index (χ1) is 25.6. The van der Waals surface area contributed by atoms with E-state index >= 15 is 0 Å². The summed E-state index contributed by atoms with van der Waals surface area (Å²) in [5.74, 6) is 1.44. The molecule has 0 atom stereocenters. The molecule has 293 valence electrons. The third-order valence-corrected chi connectivity index (χ3v) is 12.1. The van der Waals surface area contributed by atoms with Crippen molar-refractivity contribution in [1.29, 1.82) is 0 Å². The fourth-order valence-electron chi connectivity index (χ4n) is 8.41. The minimum atomic E-state index is -0.254. The second-order valence-corrected chi connectivity index (χ2v) is 17.4. The number of benzene rings is 3. The number of aliphatic hydroxyl groups is 1. The maximum atomic E-state index is 11.7. The summed E-state index contributed by atoms with van der Waals surface area (Å²) in [5, 5.41) is 13.2. The van der Waals surface area contributed by atoms with Crippen molar-refractivity contribution in [3.05, 3.63) is 101 Å². The smallest absolute Gasteiger partial charge is 0.162 e. The largest absolute Gasteiger partial charge is 0.512 e. The van der Waals surface area contributed by atoms with Gasteiger partial charge in [0.05, 0.1) is 11.3 Å². The van der Waals surface area contributed by atoms with Crippen molar-refractivity contribution in [1.82, 2.24) is 4.98 Å². The molecule has 0 saturated carbocycles. The van der Waals surface area contributed by atoms with E-state index in [0.717, 1.165) is 82.2 Å². The predicted octanol–water partition coefficient (Wildman–Crippen LogP) is 13.9. The van der Waals surface area contributed by atoms with Crippen molar-refractivity contribution < 1.29 is 38.8 Å². The van der Waals surface area contributed by atoms with Crippen molar-refractivity contribution in [2.24, 2.45) is 17.3 Å². The van der Waals surface area contributed by atoms with E-state index in [4.69, 9.17) is 13.8 Å². The number of aromatic nitrogens is 1. The van der Waals surface area contributed by atoms with Gasteiger partial charge >= 0.3 is 0 Å². The minimum absolute atomic E-state index is 0. The van der Waals surface area contributed by atoms with Gasteiger partial charge in [-0.15, -0.1) is 23.3 Å². The van der Waals surface area contributed by atoms with E-state index in [1.165, 1.54) is 28.2 Å². The Hall–Kier alpha value is -3.99. The van der Waals surface area contributed by atoms with Crippen molar-refractivity contribution in [2.75, 3.05) is 0 Å². The molecule has 3 aromatic heterocycles. The van der Waals surface area contributed by atoms with E-state index in [9.17, 15) is 9.90 Å². The number of para-hydroxylation sites is 1. The van der Waals surface area contributed by atoms with Gasteiger partial charge in [0, 0.05) is 60.5 Å². The Balaban J connectivity index is 0.000000311. The number of aliphatic hydroxyl groups excluding tert-OH is 1. The van der Waals surface area contributed by atoms with Gasteiger partial charge in [-0.05, 0) is 95.5 Å². The molecule has 3 aromatic carbocycles. The molecule has 1 N–H and O–H groups in total. The summed E-state index contributed by atoms with van der Waals surface area (Å²) >= 11 is 0. The molecule has 6 heteroatoms. The molecule has 0 bridgehead atoms. The first kappa shape index (κ1) is 42.2. The van der Waals surface area contributed by atoms with Crippen LogP contribution in [0.25, 0.3) is 55.5 Å². The number of ketones is 1. The molecule has 0 unspecified atom stereocenters. The van der Waals surface area contributed by atoms with Crippen molar-refractivity contribution in [2.45, 2.75) is 119 Å². The number of pyridine rings is 1. The van der Waals surface area contributed by atoms with Crippen LogP contribution in [0, 0.1) is 23.3 Å². The number of furan rings is 2. The van der Waals surface area contributed by atoms with Crippen molar-refractivity contribution in [3.63, 3.8) is 0 Å². The Morgan fingerprint density at radius 1 is 0.836 bits per heavy atom. The van der Waals surface area contributed by atoms with Gasteiger partial charge in [0.25, 0.3) is 0 Å². The van der Waals surface area contributed by atoms with Crippen molar-refractivity contribution >= 4 is 38.7 Å². The van der Waals surface area contributed by atoms with Gasteiger partial charge in [0.15, 0.2) is 5.78 Å². The van der Waals surface area contributed by atoms with Gasteiger partial charge in [0.2, 0.25) is 0 Å². The average molecular weight is 917 g/mol. The van der Waals surface area contributed by atoms with Gasteiger partial charge in [-0.25, -0.2) is 0 Å². The van der Waals surface area contributed by atoms with E-state index in [0.29, 0.717) is 0 Å². The van der Waals surface area contributed by atoms with E-state index in [2.05, 4.69) is 97.0 Å². The van der Waals surface area contributed by atoms with E-state index in [-0.39, 0.29) is 59.7 Å². The third kappa shape index (κ3) is 7.87. The van der Waals surface area contributed by atoms with Crippen LogP contribution in [0.2, 0.25) is 0 Å². The van der Waals surface area contributed by atoms with Crippen LogP contribution in [0.3, 0.4) is 0 Å². The maximum absolute atomic E-state index is 11.7. The number of carbonyl (C=O) groups excluding carboxylic acids is 1. The summed E-state index contributed by atoms with van der Waals surface area (Å²) in [6, 6.07) is 24.8. The molecular weight excluding hydrogens is 859 g/mol. The van der Waals surface area contributed by atoms with Gasteiger partial charge in [-0.2, -0.15) is 0 Å². The standard InChI is InChI=1S/C36H34NO2.C13H24O2.Ir/c1-34(2,3)20-21-12-14-26-22(18-21)19-29(38-26)24-16-17-37-33-25-13-15-28-30(23-10-8-9-11-27(23)39-28)31(25)35(4,5)36(6,7)32(24)33;1-5-10(6-2)12(14)9-13(15)11(7-3)8-4;/h8-12,14-19H,20H2,1-7H3;9-11,14H,5-8H2,1-4H3;/q-1;;/b;12-9-;. The number of fused-ring (bicyclic) bond motifs is 8. The first-order valence-electron chi connectivity index (χ1n) is 19.9. The molecule has 0 saturated heterocycles. The zero-order valence-corrected chi connectivity index (χ0v) is 37.0. The summed E-state index contributed by atoms with van der Waals surface area (Å²) in [7, 11) is 0. The molecule has 0 spiro atoms. The molecule has 1 radical (unpaired) electrons. The number of allylic oxidation sites excluding steroid dienone is 2. The molecule has 0 aliphatic heterocycles. The number of nitrogens with zero attached hydrogens (tertiary/aromatic N) is 1. The molecular formula is C49H58IrNO4-. The Kier molecular flexibility index (Phi) is 12.4. The number of hydrogen-bond acceptors (Lipinski definition) is 5. The summed E-state index contributed by atoms with van der Waals surface area (Å²) in [6.07, 6.45) is 7.85. The Labute approximate surface area is 341 Å². The van der Waals surface area contributed by atoms with Crippen LogP contribution in [0.15, 0.2) is 87.5 Å². The SMILES string of the molecule is CC(C)(C)Cc1ccc2oc(-c3ccnc4c3C(C)(C)C(C)(C)c3c-4[c-]cc4oc5ccccc5c34)cc2c1.CCC(CC)C(=O)/C=C(\O)C(CC)CC.[Ir]. The Bertz CT molecular complexity index is 2340. The number of hydrogen-bond donors (Lipinski definition) is 1. The van der Waals surface area contributed by atoms with Gasteiger partial charge < -0.3 is 18.9 Å². The predicted molar refractivity (Wildman–Crippen MR) is 224 cm³/mol. The normalized spacial score (nSPS) is 14.8. The summed E-state index contributed by atoms with van der Waals surface area (Å²) in [4.78, 5) is 16.7. The van der Waals surface area contributed by atoms with Gasteiger partial charge in [-0.3, -0.25) is 4.79 Å². The van der Waals surface area contributed by atoms with E-state index in [1.54, 1.807) is 0 Å². The van der Waals surface area contributed by atoms with Crippen LogP contribution in [0.1, 0.15) is 119 Å². The number of rotatable bonds is 9. The molecule has 0 amide bonds. The molecule has 7 rings (SSSR count). The second-order valence-electron chi connectivity index (χ2n) is 17.4. The summed E-state index contributed by atoms with van der Waals surface area (Å²) in [5.41, 5.74) is 9.37. The fourth-order valence-corrected chi connectivity index (χ4v) is 8.41. The number of carbonyl (C=O) groups is 1. The van der Waals surface area contributed by atoms with Gasteiger partial charge in [0.1, 0.15) is 16.9 Å². The first-order valence-corrected chi connectivity index (χ1v) is 19.9. The molecule has 3 heterocycles. The average Bonchev–Trinajstić information content (AvgIpc) is 3.72. The zero-order chi connectivity index (χ0) is 39.2. The van der Waals surface area contributed by atoms with Crippen LogP contribution < -0.4 is 0 Å². The maximum Gasteiger partial charge on any atom is 0.162 e. The van der Waals surface area contributed by atoms with E-state index < -0.39 is 0 Å². The summed E-state index contributed by atoms with van der Waals surface area (Å²) < 4.78 is 12.8. The monoisotopic (exact) mass is 917 g/mol. The van der Waals surface area contributed by atoms with Crippen LogP contribution >= 0.6 is 0 Å². The third-order valence-electron chi connectivity index (χ3n) is 12.1. The molecule has 1 aliphatic rings. The molecule has 1 aliphatic carbocycles. The fraction of sp³-hybridized carbons (Fsp3) is 0.429. The Morgan fingerprint density at radius 2 is 1.49 bits per heavy atom. The van der Waals surface area contributed by atoms with E-state index in [1.807, 2.05) is 52.1 Å². The summed E-state index contributed by atoms with van der Waals surface area (Å²) in [6.45, 7) is 24.3. The van der Waals surface area contributed by atoms with Crippen LogP contribution in [0.4, 0.5) is 0 Å². The van der Waals surface area contributed by atoms with Crippen LogP contribution in [-0.2, 0) is 42.2 Å². The molecule has 55 heavy (non-hydrogen) atoms. The molecule has 5 nitrogen and oxygen atoms in total. The zero-order valence-electron chi connectivity index (χ0n) is 34.6. The minimum Gasteiger partial charge on any atom is -0.512 e. The van der Waals surface area contributed by atoms with Crippen molar-refractivity contribution in [3.8, 4) is 22.6 Å². The van der Waals surface area contributed by atoms with Crippen LogP contribution in [0.5, 0.6) is 0 Å². The quantitative estimate of drug-likeness (QED) is 0.0888. The second kappa shape index (κ2) is 16.2.